The van der Waals surface area contributed by atoms with Crippen molar-refractivity contribution < 1.29 is 81.1 Å². The molecule has 0 saturated carbocycles. The fourth-order valence-electron chi connectivity index (χ4n) is 13.0. The second kappa shape index (κ2) is 46.8. The van der Waals surface area contributed by atoms with Gasteiger partial charge in [-0.2, -0.15) is 0 Å². The number of carbonyl (C=O) groups excluding carboxylic acids is 9. The number of aliphatic carboxylic acids is 1. The minimum Gasteiger partial charge on any atom is -0.481 e. The Labute approximate surface area is 657 Å². The van der Waals surface area contributed by atoms with E-state index in [9.17, 15) is 48.3 Å². The highest BCUT2D eigenvalue weighted by Gasteiger charge is 2.40. The Balaban J connectivity index is 0.923. The number of fused-ring (bicyclic) bond motifs is 2. The summed E-state index contributed by atoms with van der Waals surface area (Å²) in [4.78, 5) is 145. The van der Waals surface area contributed by atoms with Gasteiger partial charge in [0.1, 0.15) is 34.6 Å². The van der Waals surface area contributed by atoms with Crippen molar-refractivity contribution in [3.63, 3.8) is 0 Å². The lowest BCUT2D eigenvalue weighted by Crippen LogP contribution is -2.59. The number of carbonyl (C=O) groups is 10. The molecule has 0 aliphatic carbocycles. The molecule has 4 aromatic rings. The van der Waals surface area contributed by atoms with Crippen LogP contribution >= 0.6 is 11.3 Å². The van der Waals surface area contributed by atoms with Crippen LogP contribution < -0.4 is 42.1 Å². The molecule has 0 spiro atoms. The standard InChI is InChI=1S/C82H118FN11O16S/c1-13-15-16-22-38-93(79(102)73(55(7)14-2)91-76(100)66-28-21-23-37-92(66)12)67(53(3)4)49-68(110-81(105)84-11)78-89-64(52-111-78)75(99)87-61(50-82(9,10)80(103)104)47-57-29-32-63(62(83)48-57)88-74(98)56(8)86-77(101)72(54(5)6)90-70(96)35-39-106-41-43-108-45-46-109-44-42-107-40-36-85-69(95)33-34-71(97)94-51-60-26-18-17-24-58(60)30-31-59-25-19-20-27-65(59)94/h17-20,24-27,29,32,48,52-56,61,66-68,72-73H,13-16,21-23,28,33-47,49-51H2,1-12H3,(H,84,105)(H,85,95)(H,86,101)(H,87,99)(H,88,98)(H,90,96)(H,91,100)(H,103,104)/t55-,56-,61-,66+,67+,68+,72-,73-/m0/s1. The number of ether oxygens (including phenoxy) is 5. The Morgan fingerprint density at radius 3 is 2.05 bits per heavy atom. The van der Waals surface area contributed by atoms with E-state index in [0.717, 1.165) is 72.7 Å². The van der Waals surface area contributed by atoms with Crippen LogP contribution in [0.3, 0.4) is 0 Å². The highest BCUT2D eigenvalue weighted by Crippen LogP contribution is 2.34. The molecule has 27 nitrogen and oxygen atoms in total. The van der Waals surface area contributed by atoms with Gasteiger partial charge in [-0.1, -0.05) is 129 Å². The second-order valence-electron chi connectivity index (χ2n) is 29.8. The number of para-hydroxylation sites is 1. The predicted octanol–water partition coefficient (Wildman–Crippen LogP) is 9.24. The largest absolute Gasteiger partial charge is 0.481 e. The number of aromatic nitrogens is 1. The van der Waals surface area contributed by atoms with E-state index in [4.69, 9.17) is 23.7 Å². The SMILES string of the molecule is CCCCCCN(C(=O)[C@@H](NC(=O)[C@H]1CCCCN1C)[C@@H](C)CC)[C@H](C[C@@H](OC(=O)NC)c1nc(C(=O)N[C@@H](Cc2ccc(NC(=O)[C@H](C)NC(=O)[C@@H](NC(=O)CCOCCOCCOCCOCCNC(=O)CCC(=O)N3Cc4ccccc4C#Cc4ccccc43)C(C)C)c(F)c2)CC(C)(C)C(=O)O)cs1)C(C)C. The molecule has 3 aromatic carbocycles. The lowest BCUT2D eigenvalue weighted by Gasteiger charge is -2.40. The number of likely N-dealkylation sites (tertiary alicyclic amines) is 1. The van der Waals surface area contributed by atoms with Crippen molar-refractivity contribution in [3.05, 3.63) is 111 Å². The number of unbranched alkanes of at least 4 members (excludes halogenated alkanes) is 3. The van der Waals surface area contributed by atoms with E-state index >= 15 is 9.18 Å². The normalized spacial score (nSPS) is 15.4. The van der Waals surface area contributed by atoms with Crippen molar-refractivity contribution in [2.45, 2.75) is 208 Å². The van der Waals surface area contributed by atoms with Gasteiger partial charge < -0.3 is 75.8 Å². The molecule has 9 amide bonds. The fourth-order valence-corrected chi connectivity index (χ4v) is 13.9. The summed E-state index contributed by atoms with van der Waals surface area (Å²) in [6.07, 6.45) is 4.82. The molecule has 1 aromatic heterocycles. The lowest BCUT2D eigenvalue weighted by atomic mass is 9.84. The van der Waals surface area contributed by atoms with Crippen LogP contribution in [0, 0.1) is 40.8 Å². The Bertz CT molecular complexity index is 3790. The number of anilines is 2. The highest BCUT2D eigenvalue weighted by molar-refractivity contribution is 7.09. The number of rotatable bonds is 47. The van der Waals surface area contributed by atoms with Crippen molar-refractivity contribution >= 4 is 82.0 Å². The predicted molar refractivity (Wildman–Crippen MR) is 422 cm³/mol. The zero-order valence-electron chi connectivity index (χ0n) is 66.7. The summed E-state index contributed by atoms with van der Waals surface area (Å²) in [5.41, 5.74) is 1.93. The summed E-state index contributed by atoms with van der Waals surface area (Å²) in [7, 11) is 3.34. The number of carboxylic acid groups (broad SMARTS) is 1. The number of carboxylic acids is 1. The van der Waals surface area contributed by atoms with Gasteiger partial charge in [-0.05, 0) is 126 Å². The molecule has 0 radical (unpaired) electrons. The van der Waals surface area contributed by atoms with Crippen molar-refractivity contribution in [1.82, 2.24) is 46.7 Å². The van der Waals surface area contributed by atoms with E-state index in [1.165, 1.54) is 45.3 Å². The number of amides is 9. The van der Waals surface area contributed by atoms with Gasteiger partial charge in [0.05, 0.1) is 82.2 Å². The Morgan fingerprint density at radius 2 is 1.41 bits per heavy atom. The number of hydrogen-bond acceptors (Lipinski definition) is 18. The van der Waals surface area contributed by atoms with Crippen molar-refractivity contribution in [2.24, 2.45) is 23.2 Å². The molecule has 111 heavy (non-hydrogen) atoms. The Kier molecular flexibility index (Phi) is 38.4. The fraction of sp³-hybridized carbons (Fsp3) is 0.598. The second-order valence-corrected chi connectivity index (χ2v) is 30.7. The molecule has 29 heteroatoms. The molecule has 1 fully saturated rings. The number of nitrogens with one attached hydrogen (secondary N) is 7. The van der Waals surface area contributed by atoms with E-state index in [2.05, 4.69) is 61.0 Å². The van der Waals surface area contributed by atoms with Gasteiger partial charge in [-0.25, -0.2) is 14.2 Å². The maximum atomic E-state index is 16.1. The molecule has 610 valence electrons. The molecular weight excluding hydrogens is 1450 g/mol. The average Bonchev–Trinajstić information content (AvgIpc) is 1.79. The highest BCUT2D eigenvalue weighted by atomic mass is 32.1. The summed E-state index contributed by atoms with van der Waals surface area (Å²) in [6.45, 7) is 21.5. The van der Waals surface area contributed by atoms with Crippen LogP contribution in [-0.2, 0) is 75.0 Å². The Morgan fingerprint density at radius 1 is 0.739 bits per heavy atom. The van der Waals surface area contributed by atoms with Gasteiger partial charge in [0, 0.05) is 74.4 Å². The van der Waals surface area contributed by atoms with Crippen LogP contribution in [0.15, 0.2) is 72.1 Å². The molecule has 2 aliphatic heterocycles. The van der Waals surface area contributed by atoms with Crippen LogP contribution in [0.1, 0.15) is 197 Å². The Hall–Kier alpha value is -8.92. The summed E-state index contributed by atoms with van der Waals surface area (Å²) in [5, 5.41) is 31.2. The summed E-state index contributed by atoms with van der Waals surface area (Å²) in [6, 6.07) is 14.3. The maximum absolute atomic E-state index is 16.1. The van der Waals surface area contributed by atoms with Crippen LogP contribution in [0.5, 0.6) is 0 Å². The third kappa shape index (κ3) is 29.6. The van der Waals surface area contributed by atoms with Gasteiger partial charge in [-0.3, -0.25) is 48.1 Å². The summed E-state index contributed by atoms with van der Waals surface area (Å²) < 4.78 is 44.3. The zero-order valence-corrected chi connectivity index (χ0v) is 67.5. The van der Waals surface area contributed by atoms with Crippen LogP contribution in [0.2, 0.25) is 0 Å². The van der Waals surface area contributed by atoms with Crippen molar-refractivity contribution in [2.75, 3.05) is 96.8 Å². The van der Waals surface area contributed by atoms with Crippen LogP contribution in [-0.4, -0.2) is 202 Å². The number of alkyl carbamates (subject to hydrolysis) is 1. The first kappa shape index (κ1) is 91.0. The van der Waals surface area contributed by atoms with E-state index < -0.39 is 89.2 Å². The molecular formula is C82H118FN11O16S. The maximum Gasteiger partial charge on any atom is 0.407 e. The zero-order chi connectivity index (χ0) is 81.2. The number of likely N-dealkylation sites (N-methyl/N-ethyl adjacent to an activating group) is 1. The van der Waals surface area contributed by atoms with Crippen LogP contribution in [0.25, 0.3) is 0 Å². The molecule has 6 rings (SSSR count). The van der Waals surface area contributed by atoms with Gasteiger partial charge in [0.25, 0.3) is 5.91 Å². The third-order valence-electron chi connectivity index (χ3n) is 19.9. The molecule has 1 saturated heterocycles. The third-order valence-corrected chi connectivity index (χ3v) is 20.8. The number of hydrogen-bond donors (Lipinski definition) is 8. The van der Waals surface area contributed by atoms with E-state index in [1.807, 2.05) is 93.1 Å². The first-order valence-corrected chi connectivity index (χ1v) is 39.9. The number of thiazole rings is 1. The van der Waals surface area contributed by atoms with E-state index in [0.29, 0.717) is 63.4 Å². The quantitative estimate of drug-likeness (QED) is 0.0151. The number of benzene rings is 3. The summed E-state index contributed by atoms with van der Waals surface area (Å²) in [5.74, 6) is 0.186. The molecule has 8 atom stereocenters. The molecule has 3 heterocycles. The lowest BCUT2D eigenvalue weighted by molar-refractivity contribution is -0.147. The van der Waals surface area contributed by atoms with Crippen molar-refractivity contribution in [1.29, 1.82) is 0 Å². The first-order chi connectivity index (χ1) is 53.0. The van der Waals surface area contributed by atoms with Gasteiger partial charge >= 0.3 is 12.1 Å². The average molecular weight is 1560 g/mol. The molecule has 0 unspecified atom stereocenters. The van der Waals surface area contributed by atoms with E-state index in [1.54, 1.807) is 18.7 Å². The minimum absolute atomic E-state index is 0.0236. The van der Waals surface area contributed by atoms with E-state index in [-0.39, 0.29) is 136 Å². The van der Waals surface area contributed by atoms with Gasteiger partial charge in [0.15, 0.2) is 6.10 Å². The number of piperidine rings is 1. The minimum atomic E-state index is -1.38. The molecule has 0 bridgehead atoms. The monoisotopic (exact) mass is 1560 g/mol. The molecule has 8 N–H and O–H groups in total. The number of halogens is 1. The van der Waals surface area contributed by atoms with Gasteiger partial charge in [-0.15, -0.1) is 11.3 Å². The smallest absolute Gasteiger partial charge is 0.407 e. The summed E-state index contributed by atoms with van der Waals surface area (Å²) >= 11 is 1.07. The van der Waals surface area contributed by atoms with Crippen molar-refractivity contribution in [3.8, 4) is 11.8 Å². The molecule has 2 aliphatic rings. The number of nitrogens with zero attached hydrogens (tertiary/aromatic N) is 4. The van der Waals surface area contributed by atoms with Crippen LogP contribution in [0.4, 0.5) is 20.6 Å². The topological polar surface area (TPSA) is 344 Å². The first-order valence-electron chi connectivity index (χ1n) is 39.0. The van der Waals surface area contributed by atoms with Gasteiger partial charge in [0.2, 0.25) is 41.4 Å².